The summed E-state index contributed by atoms with van der Waals surface area (Å²) in [5, 5.41) is 0.855. The fourth-order valence-electron chi connectivity index (χ4n) is 6.72. The highest BCUT2D eigenvalue weighted by Crippen LogP contribution is 2.41. The van der Waals surface area contributed by atoms with E-state index in [9.17, 15) is 14.4 Å². The molecule has 0 radical (unpaired) electrons. The molecule has 3 heterocycles. The van der Waals surface area contributed by atoms with Gasteiger partial charge in [-0.15, -0.1) is 0 Å². The minimum absolute atomic E-state index is 0.0721. The van der Waals surface area contributed by atoms with Gasteiger partial charge < -0.3 is 34.5 Å². The van der Waals surface area contributed by atoms with Crippen LogP contribution in [0.1, 0.15) is 112 Å². The highest BCUT2D eigenvalue weighted by atomic mass is 16.6. The lowest BCUT2D eigenvalue weighted by Crippen LogP contribution is -2.42. The number of hydrogen-bond donors (Lipinski definition) is 1. The van der Waals surface area contributed by atoms with E-state index in [0.717, 1.165) is 54.3 Å². The van der Waals surface area contributed by atoms with Gasteiger partial charge in [0.25, 0.3) is 0 Å². The SMILES string of the molecule is C/C=C(\C)CCN(CCCN(C[C@@H]1CC[C@H](n2cc(C3=CCN(C(C)=O)CC3)c3c(N)ncnc32)C1)C(=O)OC(C)(C)C)C(=O)OC(C)(C)C. The molecule has 1 fully saturated rings. The summed E-state index contributed by atoms with van der Waals surface area (Å²) >= 11 is 0. The number of anilines is 1. The van der Waals surface area contributed by atoms with Crippen molar-refractivity contribution >= 4 is 40.5 Å². The van der Waals surface area contributed by atoms with Crippen molar-refractivity contribution in [3.63, 3.8) is 0 Å². The zero-order valence-corrected chi connectivity index (χ0v) is 31.8. The molecule has 50 heavy (non-hydrogen) atoms. The molecule has 0 saturated heterocycles. The van der Waals surface area contributed by atoms with E-state index in [1.54, 1.807) is 11.8 Å². The average molecular weight is 694 g/mol. The van der Waals surface area contributed by atoms with Gasteiger partial charge in [-0.25, -0.2) is 19.6 Å². The number of carbonyl (C=O) groups is 3. The standard InChI is InChI=1S/C38H59N7O5/c1-10-26(2)14-19-43(35(47)49-37(4,5)6)17-11-18-44(36(48)50-38(7,8)9)23-28-12-13-30(22-28)45-24-31(32-33(39)40-25-41-34(32)45)29-15-20-42(21-16-29)27(3)46/h10,15,24-25,28,30H,11-14,16-23H2,1-9H3,(H2,39,40,41)/b26-10+/t28-,30+/m1/s1. The average Bonchev–Trinajstić information content (AvgIpc) is 3.65. The van der Waals surface area contributed by atoms with E-state index < -0.39 is 11.2 Å². The van der Waals surface area contributed by atoms with Crippen LogP contribution < -0.4 is 5.73 Å². The maximum Gasteiger partial charge on any atom is 0.410 e. The second-order valence-electron chi connectivity index (χ2n) is 15.8. The van der Waals surface area contributed by atoms with Crippen molar-refractivity contribution in [3.05, 3.63) is 35.8 Å². The van der Waals surface area contributed by atoms with Crippen LogP contribution in [-0.2, 0) is 14.3 Å². The first-order valence-electron chi connectivity index (χ1n) is 18.1. The molecule has 3 amide bonds. The summed E-state index contributed by atoms with van der Waals surface area (Å²) in [6, 6.07) is 0.182. The van der Waals surface area contributed by atoms with E-state index in [-0.39, 0.29) is 30.1 Å². The molecule has 0 spiro atoms. The van der Waals surface area contributed by atoms with Crippen LogP contribution in [-0.4, -0.2) is 97.8 Å². The zero-order valence-electron chi connectivity index (χ0n) is 31.8. The van der Waals surface area contributed by atoms with Crippen LogP contribution in [0.2, 0.25) is 0 Å². The highest BCUT2D eigenvalue weighted by molar-refractivity contribution is 5.98. The highest BCUT2D eigenvalue weighted by Gasteiger charge is 2.33. The van der Waals surface area contributed by atoms with Crippen molar-refractivity contribution in [2.24, 2.45) is 5.92 Å². The number of fused-ring (bicyclic) bond motifs is 1. The first-order valence-corrected chi connectivity index (χ1v) is 18.1. The summed E-state index contributed by atoms with van der Waals surface area (Å²) in [6.45, 7) is 20.2. The fourth-order valence-corrected chi connectivity index (χ4v) is 6.72. The van der Waals surface area contributed by atoms with E-state index in [4.69, 9.17) is 15.2 Å². The van der Waals surface area contributed by atoms with Gasteiger partial charge in [0, 0.05) is 64.0 Å². The quantitative estimate of drug-likeness (QED) is 0.244. The number of aromatic nitrogens is 3. The van der Waals surface area contributed by atoms with Gasteiger partial charge in [0.15, 0.2) is 0 Å². The van der Waals surface area contributed by atoms with Crippen LogP contribution in [0.3, 0.4) is 0 Å². The molecule has 2 N–H and O–H groups in total. The van der Waals surface area contributed by atoms with Gasteiger partial charge >= 0.3 is 12.2 Å². The molecule has 2 atom stereocenters. The van der Waals surface area contributed by atoms with Crippen LogP contribution in [0.25, 0.3) is 16.6 Å². The summed E-state index contributed by atoms with van der Waals surface area (Å²) in [5.41, 5.74) is 9.41. The summed E-state index contributed by atoms with van der Waals surface area (Å²) in [7, 11) is 0. The maximum absolute atomic E-state index is 13.5. The number of nitrogen functional groups attached to an aromatic ring is 1. The van der Waals surface area contributed by atoms with Gasteiger partial charge in [-0.1, -0.05) is 17.7 Å². The van der Waals surface area contributed by atoms with E-state index in [2.05, 4.69) is 39.8 Å². The summed E-state index contributed by atoms with van der Waals surface area (Å²) in [6.07, 6.45) is 12.0. The van der Waals surface area contributed by atoms with Crippen molar-refractivity contribution in [3.8, 4) is 0 Å². The Morgan fingerprint density at radius 3 is 2.24 bits per heavy atom. The normalized spacial score (nSPS) is 18.6. The molecule has 12 heteroatoms. The molecule has 1 aliphatic carbocycles. The van der Waals surface area contributed by atoms with Crippen LogP contribution in [0.15, 0.2) is 30.2 Å². The molecule has 0 aromatic carbocycles. The molecule has 2 aromatic heterocycles. The van der Waals surface area contributed by atoms with Crippen molar-refractivity contribution in [2.45, 2.75) is 118 Å². The number of hydrogen-bond acceptors (Lipinski definition) is 8. The van der Waals surface area contributed by atoms with Gasteiger partial charge in [-0.3, -0.25) is 4.79 Å². The Labute approximate surface area is 298 Å². The Bertz CT molecular complexity index is 1580. The second-order valence-corrected chi connectivity index (χ2v) is 15.8. The molecule has 1 aliphatic heterocycles. The zero-order chi connectivity index (χ0) is 36.8. The summed E-state index contributed by atoms with van der Waals surface area (Å²) < 4.78 is 13.8. The van der Waals surface area contributed by atoms with Crippen LogP contribution >= 0.6 is 0 Å². The van der Waals surface area contributed by atoms with Crippen LogP contribution in [0, 0.1) is 5.92 Å². The number of carbonyl (C=O) groups excluding carboxylic acids is 3. The largest absolute Gasteiger partial charge is 0.444 e. The monoisotopic (exact) mass is 693 g/mol. The number of amides is 3. The Hall–Kier alpha value is -4.09. The molecule has 2 aliphatic rings. The Kier molecular flexibility index (Phi) is 12.6. The van der Waals surface area contributed by atoms with Crippen LogP contribution in [0.4, 0.5) is 15.4 Å². The third kappa shape index (κ3) is 10.5. The number of ether oxygens (including phenoxy) is 2. The first-order chi connectivity index (χ1) is 23.5. The number of nitrogens with zero attached hydrogens (tertiary/aromatic N) is 6. The number of rotatable bonds is 11. The predicted molar refractivity (Wildman–Crippen MR) is 197 cm³/mol. The molecular formula is C38H59N7O5. The van der Waals surface area contributed by atoms with E-state index in [1.165, 1.54) is 11.9 Å². The molecule has 0 unspecified atom stereocenters. The lowest BCUT2D eigenvalue weighted by atomic mass is 9.99. The minimum atomic E-state index is -0.630. The Morgan fingerprint density at radius 1 is 0.980 bits per heavy atom. The first kappa shape index (κ1) is 38.7. The summed E-state index contributed by atoms with van der Waals surface area (Å²) in [5.74, 6) is 0.776. The van der Waals surface area contributed by atoms with E-state index in [0.29, 0.717) is 51.5 Å². The lowest BCUT2D eigenvalue weighted by Gasteiger charge is -2.31. The second kappa shape index (κ2) is 16.3. The third-order valence-corrected chi connectivity index (χ3v) is 9.45. The molecule has 276 valence electrons. The van der Waals surface area contributed by atoms with Crippen molar-refractivity contribution in [1.82, 2.24) is 29.2 Å². The Balaban J connectivity index is 1.49. The van der Waals surface area contributed by atoms with Crippen molar-refractivity contribution < 1.29 is 23.9 Å². The molecule has 0 bridgehead atoms. The van der Waals surface area contributed by atoms with Gasteiger partial charge in [0.1, 0.15) is 29.0 Å². The predicted octanol–water partition coefficient (Wildman–Crippen LogP) is 7.21. The van der Waals surface area contributed by atoms with Gasteiger partial charge in [0.2, 0.25) is 5.91 Å². The molecule has 12 nitrogen and oxygen atoms in total. The maximum atomic E-state index is 13.5. The smallest absolute Gasteiger partial charge is 0.410 e. The molecule has 4 rings (SSSR count). The van der Waals surface area contributed by atoms with Crippen molar-refractivity contribution in [2.75, 3.05) is 45.0 Å². The Morgan fingerprint density at radius 2 is 1.64 bits per heavy atom. The third-order valence-electron chi connectivity index (χ3n) is 9.45. The number of allylic oxidation sites excluding steroid dienone is 1. The van der Waals surface area contributed by atoms with Gasteiger partial charge in [-0.05, 0) is 105 Å². The van der Waals surface area contributed by atoms with Crippen LogP contribution in [0.5, 0.6) is 0 Å². The molecular weight excluding hydrogens is 634 g/mol. The number of nitrogens with two attached hydrogens (primary N) is 1. The molecule has 2 aromatic rings. The van der Waals surface area contributed by atoms with E-state index in [1.807, 2.05) is 58.3 Å². The topological polar surface area (TPSA) is 136 Å². The van der Waals surface area contributed by atoms with Gasteiger partial charge in [-0.2, -0.15) is 0 Å². The summed E-state index contributed by atoms with van der Waals surface area (Å²) in [4.78, 5) is 52.9. The van der Waals surface area contributed by atoms with Crippen molar-refractivity contribution in [1.29, 1.82) is 0 Å². The molecule has 1 saturated carbocycles. The van der Waals surface area contributed by atoms with Gasteiger partial charge in [0.05, 0.1) is 5.39 Å². The minimum Gasteiger partial charge on any atom is -0.444 e. The van der Waals surface area contributed by atoms with E-state index >= 15 is 0 Å². The lowest BCUT2D eigenvalue weighted by molar-refractivity contribution is -0.128. The fraction of sp³-hybridized carbons (Fsp3) is 0.658.